The molecule has 14 heteroatoms. The van der Waals surface area contributed by atoms with Crippen LogP contribution in [0.5, 0.6) is 5.75 Å². The van der Waals surface area contributed by atoms with E-state index in [9.17, 15) is 36.0 Å². The van der Waals surface area contributed by atoms with Crippen LogP contribution in [0.25, 0.3) is 0 Å². The van der Waals surface area contributed by atoms with Gasteiger partial charge in [-0.1, -0.05) is 10.1 Å². The Labute approximate surface area is 280 Å². The van der Waals surface area contributed by atoms with Crippen molar-refractivity contribution in [3.8, 4) is 5.75 Å². The van der Waals surface area contributed by atoms with Gasteiger partial charge in [-0.15, -0.1) is 5.06 Å². The molecular formula is C34H44N6O8. The number of ether oxygens (including phenoxy) is 1. The third-order valence-corrected chi connectivity index (χ3v) is 11.8. The highest BCUT2D eigenvalue weighted by atomic mass is 16.6. The molecule has 1 N–H and O–H groups in total. The molecular weight excluding hydrogens is 620 g/mol. The fourth-order valence-electron chi connectivity index (χ4n) is 5.88. The van der Waals surface area contributed by atoms with Crippen molar-refractivity contribution < 1.29 is 39.4 Å². The summed E-state index contributed by atoms with van der Waals surface area (Å²) in [5.74, 6) is -1.53. The predicted octanol–water partition coefficient (Wildman–Crippen LogP) is 4.38. The van der Waals surface area contributed by atoms with Crippen LogP contribution in [-0.2, 0) is 10.4 Å². The molecule has 0 atom stereocenters. The van der Waals surface area contributed by atoms with Gasteiger partial charge in [0.15, 0.2) is 16.6 Å². The maximum absolute atomic E-state index is 13.7. The number of rotatable bonds is 5. The van der Waals surface area contributed by atoms with E-state index < -0.39 is 39.2 Å². The first-order valence-electron chi connectivity index (χ1n) is 15.7. The molecule has 0 fully saturated rings. The van der Waals surface area contributed by atoms with Gasteiger partial charge in [0.2, 0.25) is 0 Å². The maximum atomic E-state index is 13.7. The van der Waals surface area contributed by atoms with E-state index in [1.54, 1.807) is 83.1 Å². The Morgan fingerprint density at radius 2 is 1.04 bits per heavy atom. The Hall–Kier alpha value is -4.40. The summed E-state index contributed by atoms with van der Waals surface area (Å²) in [5.41, 5.74) is -6.06. The van der Waals surface area contributed by atoms with Crippen LogP contribution in [-0.4, -0.2) is 91.3 Å². The SMILES string of the molecule is CC1(C)N([O])C(c2ccc(OC(=O)c3ccc(C4=[N+]([O-])C(C)(C)C(C)(C)N4O)cc3)c(C3=[N+]([O-])C(C)(C)C(C)(C)N3[O])c2)=[N+]([O-])C1(C)C. The monoisotopic (exact) mass is 664 g/mol. The van der Waals surface area contributed by atoms with Gasteiger partial charge in [0, 0.05) is 10.4 Å². The first-order chi connectivity index (χ1) is 21.8. The van der Waals surface area contributed by atoms with E-state index in [1.165, 1.54) is 42.5 Å². The topological polar surface area (TPSA) is 174 Å². The van der Waals surface area contributed by atoms with Gasteiger partial charge in [0.05, 0.1) is 16.7 Å². The second-order valence-corrected chi connectivity index (χ2v) is 15.8. The molecule has 3 aliphatic rings. The highest BCUT2D eigenvalue weighted by molar-refractivity contribution is 6.04. The van der Waals surface area contributed by atoms with Gasteiger partial charge in [-0.3, -0.25) is 14.2 Å². The van der Waals surface area contributed by atoms with Crippen LogP contribution >= 0.6 is 0 Å². The lowest BCUT2D eigenvalue weighted by molar-refractivity contribution is -0.539. The molecule has 0 saturated carbocycles. The number of hydroxylamine groups is 9. The molecule has 0 aliphatic carbocycles. The van der Waals surface area contributed by atoms with Crippen molar-refractivity contribution in [3.05, 3.63) is 80.3 Å². The highest BCUT2D eigenvalue weighted by Crippen LogP contribution is 2.42. The molecule has 0 bridgehead atoms. The highest BCUT2D eigenvalue weighted by Gasteiger charge is 2.62. The molecule has 0 spiro atoms. The van der Waals surface area contributed by atoms with Crippen LogP contribution < -0.4 is 4.74 Å². The molecule has 5 rings (SSSR count). The smallest absolute Gasteiger partial charge is 0.343 e. The molecule has 2 aromatic rings. The third kappa shape index (κ3) is 4.35. The van der Waals surface area contributed by atoms with E-state index in [-0.39, 0.29) is 39.9 Å². The lowest BCUT2D eigenvalue weighted by Crippen LogP contribution is -2.53. The Morgan fingerprint density at radius 3 is 1.46 bits per heavy atom. The summed E-state index contributed by atoms with van der Waals surface area (Å²) in [7, 11) is 0. The van der Waals surface area contributed by atoms with Crippen LogP contribution in [0.2, 0.25) is 0 Å². The first kappa shape index (κ1) is 34.9. The Morgan fingerprint density at radius 1 is 0.625 bits per heavy atom. The molecule has 2 radical (unpaired) electrons. The van der Waals surface area contributed by atoms with Crippen LogP contribution in [0.1, 0.15) is 110 Å². The van der Waals surface area contributed by atoms with E-state index in [0.717, 1.165) is 9.80 Å². The molecule has 48 heavy (non-hydrogen) atoms. The van der Waals surface area contributed by atoms with E-state index in [0.29, 0.717) is 25.2 Å². The maximum Gasteiger partial charge on any atom is 0.343 e. The fraction of sp³-hybridized carbons (Fsp3) is 0.529. The molecule has 0 aromatic heterocycles. The van der Waals surface area contributed by atoms with Crippen LogP contribution in [0.4, 0.5) is 0 Å². The van der Waals surface area contributed by atoms with Crippen molar-refractivity contribution in [2.45, 2.75) is 116 Å². The number of benzene rings is 2. The number of carbonyl (C=O) groups excluding carboxylic acids is 1. The summed E-state index contributed by atoms with van der Waals surface area (Å²) in [5, 5.41) is 80.4. The largest absolute Gasteiger partial charge is 0.714 e. The number of hydrogen-bond donors (Lipinski definition) is 1. The van der Waals surface area contributed by atoms with E-state index in [1.807, 2.05) is 0 Å². The fourth-order valence-corrected chi connectivity index (χ4v) is 5.88. The van der Waals surface area contributed by atoms with Crippen molar-refractivity contribution in [1.29, 1.82) is 0 Å². The molecule has 0 amide bonds. The second-order valence-electron chi connectivity index (χ2n) is 15.8. The minimum atomic E-state index is -1.21. The second kappa shape index (κ2) is 10.3. The normalized spacial score (nSPS) is 23.4. The third-order valence-electron chi connectivity index (χ3n) is 11.8. The zero-order chi connectivity index (χ0) is 36.3. The van der Waals surface area contributed by atoms with Crippen LogP contribution in [0, 0.1) is 15.6 Å². The summed E-state index contributed by atoms with van der Waals surface area (Å²) in [4.78, 5) is 13.5. The van der Waals surface area contributed by atoms with Gasteiger partial charge in [-0.25, -0.2) is 10.0 Å². The van der Waals surface area contributed by atoms with E-state index in [4.69, 9.17) is 4.74 Å². The van der Waals surface area contributed by atoms with Gasteiger partial charge in [-0.05, 0) is 126 Å². The Bertz CT molecular complexity index is 1800. The van der Waals surface area contributed by atoms with Crippen molar-refractivity contribution in [3.63, 3.8) is 0 Å². The molecule has 258 valence electrons. The number of amidine groups is 3. The predicted molar refractivity (Wildman–Crippen MR) is 174 cm³/mol. The van der Waals surface area contributed by atoms with E-state index in [2.05, 4.69) is 0 Å². The lowest BCUT2D eigenvalue weighted by atomic mass is 9.84. The van der Waals surface area contributed by atoms with Gasteiger partial charge in [0.25, 0.3) is 0 Å². The van der Waals surface area contributed by atoms with Gasteiger partial charge in [0.1, 0.15) is 27.9 Å². The first-order valence-corrected chi connectivity index (χ1v) is 15.7. The summed E-state index contributed by atoms with van der Waals surface area (Å²) in [6.07, 6.45) is 0. The molecule has 3 aliphatic heterocycles. The quantitative estimate of drug-likeness (QED) is 0.211. The Balaban J connectivity index is 1.58. The minimum Gasteiger partial charge on any atom is -0.714 e. The number of nitrogens with zero attached hydrogens (tertiary/aromatic N) is 6. The van der Waals surface area contributed by atoms with Gasteiger partial charge >= 0.3 is 23.5 Å². The average Bonchev–Trinajstić information content (AvgIpc) is 3.27. The standard InChI is InChI=1S/C34H44N6O8/c1-29(2)30(3,4)36(43)25(35(29)42)20-13-15-21(16-14-20)28(41)48-24-18-17-22(26-37(44)31(5,6)32(7,8)38(26)45)19-23(24)27-39(46)33(9,10)34(11,12)40(27)47/h13-19,42H,1-12H3. The van der Waals surface area contributed by atoms with Crippen molar-refractivity contribution in [2.24, 2.45) is 0 Å². The zero-order valence-corrected chi connectivity index (χ0v) is 29.5. The number of hydrogen-bond acceptors (Lipinski definition) is 9. The van der Waals surface area contributed by atoms with Gasteiger partial charge < -0.3 is 20.4 Å². The lowest BCUT2D eigenvalue weighted by Gasteiger charge is -2.33. The average molecular weight is 665 g/mol. The van der Waals surface area contributed by atoms with Crippen LogP contribution in [0.15, 0.2) is 42.5 Å². The Kier molecular flexibility index (Phi) is 7.49. The number of carbonyl (C=O) groups is 1. The summed E-state index contributed by atoms with van der Waals surface area (Å²) >= 11 is 0. The van der Waals surface area contributed by atoms with E-state index >= 15 is 0 Å². The summed E-state index contributed by atoms with van der Waals surface area (Å²) in [6.45, 7) is 20.0. The molecule has 0 saturated heterocycles. The summed E-state index contributed by atoms with van der Waals surface area (Å²) < 4.78 is 7.68. The zero-order valence-electron chi connectivity index (χ0n) is 29.5. The van der Waals surface area contributed by atoms with Gasteiger partial charge in [-0.2, -0.15) is 0 Å². The van der Waals surface area contributed by atoms with Crippen molar-refractivity contribution in [1.82, 2.24) is 15.2 Å². The molecule has 14 nitrogen and oxygen atoms in total. The molecule has 3 heterocycles. The number of esters is 1. The minimum absolute atomic E-state index is 0.0207. The molecule has 0 unspecified atom stereocenters. The van der Waals surface area contributed by atoms with Crippen molar-refractivity contribution >= 4 is 23.5 Å². The van der Waals surface area contributed by atoms with Crippen molar-refractivity contribution in [2.75, 3.05) is 0 Å². The molecule has 2 aromatic carbocycles. The summed E-state index contributed by atoms with van der Waals surface area (Å²) in [6, 6.07) is 9.97. The van der Waals surface area contributed by atoms with Crippen LogP contribution in [0.3, 0.4) is 0 Å².